The van der Waals surface area contributed by atoms with Crippen LogP contribution in [0, 0.1) is 11.3 Å². The summed E-state index contributed by atoms with van der Waals surface area (Å²) >= 11 is 0. The van der Waals surface area contributed by atoms with E-state index in [9.17, 15) is 9.59 Å². The Morgan fingerprint density at radius 2 is 1.77 bits per heavy atom. The van der Waals surface area contributed by atoms with Gasteiger partial charge in [0, 0.05) is 37.8 Å². The van der Waals surface area contributed by atoms with Crippen LogP contribution in [0.1, 0.15) is 29.3 Å². The van der Waals surface area contributed by atoms with E-state index in [4.69, 9.17) is 14.7 Å². The Kier molecular flexibility index (Phi) is 7.04. The number of carbonyl (C=O) groups excluding carboxylic acids is 2. The molecule has 1 atom stereocenters. The number of benzene rings is 2. The van der Waals surface area contributed by atoms with Gasteiger partial charge in [-0.15, -0.1) is 0 Å². The van der Waals surface area contributed by atoms with Crippen LogP contribution in [0.3, 0.4) is 0 Å². The summed E-state index contributed by atoms with van der Waals surface area (Å²) in [6, 6.07) is 16.1. The molecule has 0 unspecified atom stereocenters. The minimum absolute atomic E-state index is 0.0412. The molecule has 1 aliphatic rings. The highest BCUT2D eigenvalue weighted by Gasteiger charge is 2.26. The van der Waals surface area contributed by atoms with E-state index in [2.05, 4.69) is 11.0 Å². The van der Waals surface area contributed by atoms with Crippen molar-refractivity contribution in [1.29, 1.82) is 5.26 Å². The Bertz CT molecular complexity index is 928. The van der Waals surface area contributed by atoms with Gasteiger partial charge in [0.15, 0.2) is 0 Å². The van der Waals surface area contributed by atoms with E-state index < -0.39 is 0 Å². The Labute approximate surface area is 176 Å². The van der Waals surface area contributed by atoms with Crippen LogP contribution in [0.2, 0.25) is 0 Å². The number of amides is 1. The number of rotatable bonds is 6. The summed E-state index contributed by atoms with van der Waals surface area (Å²) in [6.45, 7) is 4.63. The zero-order valence-electron chi connectivity index (χ0n) is 17.2. The molecule has 7 nitrogen and oxygen atoms in total. The molecule has 0 radical (unpaired) electrons. The van der Waals surface area contributed by atoms with Crippen LogP contribution in [0.15, 0.2) is 48.5 Å². The predicted octanol–water partition coefficient (Wildman–Crippen LogP) is 3.06. The van der Waals surface area contributed by atoms with Crippen molar-refractivity contribution in [3.63, 3.8) is 0 Å². The zero-order valence-corrected chi connectivity index (χ0v) is 17.2. The summed E-state index contributed by atoms with van der Waals surface area (Å²) in [5.74, 6) is 0.906. The Balaban J connectivity index is 1.59. The van der Waals surface area contributed by atoms with Crippen molar-refractivity contribution >= 4 is 11.9 Å². The molecule has 1 fully saturated rings. The Morgan fingerprint density at radius 3 is 2.40 bits per heavy atom. The maximum atomic E-state index is 12.9. The van der Waals surface area contributed by atoms with Gasteiger partial charge < -0.3 is 14.4 Å². The van der Waals surface area contributed by atoms with Crippen LogP contribution in [0.25, 0.3) is 0 Å². The highest BCUT2D eigenvalue weighted by atomic mass is 16.5. The molecule has 0 aliphatic carbocycles. The lowest BCUT2D eigenvalue weighted by atomic mass is 10.1. The second kappa shape index (κ2) is 9.90. The van der Waals surface area contributed by atoms with Gasteiger partial charge in [-0.05, 0) is 49.4 Å². The Hall–Kier alpha value is -3.37. The van der Waals surface area contributed by atoms with Gasteiger partial charge in [0.05, 0.1) is 25.2 Å². The number of ether oxygens (including phenoxy) is 2. The topological polar surface area (TPSA) is 82.9 Å². The summed E-state index contributed by atoms with van der Waals surface area (Å²) in [7, 11) is 1.39. The van der Waals surface area contributed by atoms with Gasteiger partial charge >= 0.3 is 5.97 Å². The quantitative estimate of drug-likeness (QED) is 0.685. The summed E-state index contributed by atoms with van der Waals surface area (Å²) in [6.07, 6.45) is 0.346. The fourth-order valence-electron chi connectivity index (χ4n) is 3.43. The lowest BCUT2D eigenvalue weighted by Crippen LogP contribution is -2.51. The van der Waals surface area contributed by atoms with Crippen LogP contribution >= 0.6 is 0 Å². The van der Waals surface area contributed by atoms with Gasteiger partial charge in [-0.1, -0.05) is 6.07 Å². The molecule has 1 aliphatic heterocycles. The largest absolute Gasteiger partial charge is 0.469 e. The first-order chi connectivity index (χ1) is 14.5. The van der Waals surface area contributed by atoms with Crippen molar-refractivity contribution in [1.82, 2.24) is 9.80 Å². The molecule has 0 saturated carbocycles. The van der Waals surface area contributed by atoms with E-state index in [1.54, 1.807) is 48.5 Å². The van der Waals surface area contributed by atoms with Crippen molar-refractivity contribution in [2.24, 2.45) is 0 Å². The van der Waals surface area contributed by atoms with Crippen molar-refractivity contribution in [2.75, 3.05) is 33.3 Å². The van der Waals surface area contributed by atoms with Crippen molar-refractivity contribution < 1.29 is 19.1 Å². The summed E-state index contributed by atoms with van der Waals surface area (Å²) in [4.78, 5) is 28.4. The van der Waals surface area contributed by atoms with E-state index >= 15 is 0 Å². The number of methoxy groups -OCH3 is 1. The zero-order chi connectivity index (χ0) is 21.5. The van der Waals surface area contributed by atoms with Crippen molar-refractivity contribution in [3.8, 4) is 17.6 Å². The SMILES string of the molecule is COC(=O)C[C@H](C)N1CCN(C(=O)c2cccc(Oc3ccc(C#N)cc3)c2)CC1. The van der Waals surface area contributed by atoms with Crippen LogP contribution < -0.4 is 4.74 Å². The van der Waals surface area contributed by atoms with Crippen LogP contribution in [-0.2, 0) is 9.53 Å². The molecule has 156 valence electrons. The molecule has 1 amide bonds. The molecule has 2 aromatic rings. The molecule has 2 aromatic carbocycles. The molecule has 0 aromatic heterocycles. The van der Waals surface area contributed by atoms with Gasteiger partial charge in [-0.2, -0.15) is 5.26 Å². The second-order valence-electron chi connectivity index (χ2n) is 7.22. The standard InChI is InChI=1S/C23H25N3O4/c1-17(14-22(27)29-2)25-10-12-26(13-11-25)23(28)19-4-3-5-21(15-19)30-20-8-6-18(16-24)7-9-20/h3-9,15,17H,10-14H2,1-2H3/t17-/m0/s1. The number of piperazine rings is 1. The summed E-state index contributed by atoms with van der Waals surface area (Å²) in [5.41, 5.74) is 1.13. The average molecular weight is 407 g/mol. The third-order valence-electron chi connectivity index (χ3n) is 5.21. The monoisotopic (exact) mass is 407 g/mol. The molecule has 1 heterocycles. The summed E-state index contributed by atoms with van der Waals surface area (Å²) in [5, 5.41) is 8.88. The van der Waals surface area contributed by atoms with E-state index in [1.807, 2.05) is 11.8 Å². The maximum absolute atomic E-state index is 12.9. The molecule has 1 saturated heterocycles. The summed E-state index contributed by atoms with van der Waals surface area (Å²) < 4.78 is 10.6. The minimum Gasteiger partial charge on any atom is -0.469 e. The molecule has 0 spiro atoms. The van der Waals surface area contributed by atoms with Crippen molar-refractivity contribution in [3.05, 3.63) is 59.7 Å². The van der Waals surface area contributed by atoms with Crippen LogP contribution in [0.4, 0.5) is 0 Å². The van der Waals surface area contributed by atoms with Gasteiger partial charge in [-0.25, -0.2) is 0 Å². The number of hydrogen-bond acceptors (Lipinski definition) is 6. The number of nitrogens with zero attached hydrogens (tertiary/aromatic N) is 3. The van der Waals surface area contributed by atoms with E-state index in [0.29, 0.717) is 55.2 Å². The average Bonchev–Trinajstić information content (AvgIpc) is 2.79. The third-order valence-corrected chi connectivity index (χ3v) is 5.21. The number of esters is 1. The normalized spacial score (nSPS) is 15.2. The molecule has 0 N–H and O–H groups in total. The first-order valence-corrected chi connectivity index (χ1v) is 9.88. The molecule has 3 rings (SSSR count). The molecular formula is C23H25N3O4. The molecule has 7 heteroatoms. The lowest BCUT2D eigenvalue weighted by molar-refractivity contribution is -0.142. The lowest BCUT2D eigenvalue weighted by Gasteiger charge is -2.37. The third kappa shape index (κ3) is 5.37. The number of nitriles is 1. The van der Waals surface area contributed by atoms with Crippen molar-refractivity contribution in [2.45, 2.75) is 19.4 Å². The van der Waals surface area contributed by atoms with Crippen LogP contribution in [-0.4, -0.2) is 61.0 Å². The Morgan fingerprint density at radius 1 is 1.07 bits per heavy atom. The van der Waals surface area contributed by atoms with Gasteiger partial charge in [0.25, 0.3) is 5.91 Å². The van der Waals surface area contributed by atoms with E-state index in [1.165, 1.54) is 7.11 Å². The van der Waals surface area contributed by atoms with E-state index in [-0.39, 0.29) is 17.9 Å². The first kappa shape index (κ1) is 21.3. The highest BCUT2D eigenvalue weighted by molar-refractivity contribution is 5.94. The molecule has 30 heavy (non-hydrogen) atoms. The van der Waals surface area contributed by atoms with Gasteiger partial charge in [-0.3, -0.25) is 14.5 Å². The highest BCUT2D eigenvalue weighted by Crippen LogP contribution is 2.23. The molecular weight excluding hydrogens is 382 g/mol. The smallest absolute Gasteiger partial charge is 0.307 e. The van der Waals surface area contributed by atoms with E-state index in [0.717, 1.165) is 0 Å². The minimum atomic E-state index is -0.222. The van der Waals surface area contributed by atoms with Gasteiger partial charge in [0.1, 0.15) is 11.5 Å². The maximum Gasteiger partial charge on any atom is 0.307 e. The fraction of sp³-hybridized carbons (Fsp3) is 0.348. The number of hydrogen-bond donors (Lipinski definition) is 0. The first-order valence-electron chi connectivity index (χ1n) is 9.88. The fourth-order valence-corrected chi connectivity index (χ4v) is 3.43. The second-order valence-corrected chi connectivity index (χ2v) is 7.22. The predicted molar refractivity (Wildman–Crippen MR) is 111 cm³/mol. The number of carbonyl (C=O) groups is 2. The van der Waals surface area contributed by atoms with Crippen LogP contribution in [0.5, 0.6) is 11.5 Å². The van der Waals surface area contributed by atoms with Gasteiger partial charge in [0.2, 0.25) is 0 Å². The molecule has 0 bridgehead atoms.